The maximum atomic E-state index is 12.5. The highest BCUT2D eigenvalue weighted by Gasteiger charge is 2.17. The number of carbonyl (C=O) groups is 1. The monoisotopic (exact) mass is 358 g/mol. The first-order valence-electron chi connectivity index (χ1n) is 7.18. The molecule has 0 saturated carbocycles. The van der Waals surface area contributed by atoms with Crippen molar-refractivity contribution in [2.24, 2.45) is 0 Å². The Morgan fingerprint density at radius 2 is 1.88 bits per heavy atom. The molecule has 1 amide bonds. The normalized spacial score (nSPS) is 10.4. The van der Waals surface area contributed by atoms with Crippen LogP contribution in [0.4, 0.5) is 11.4 Å². The molecule has 0 fully saturated rings. The minimum atomic E-state index is -0.262. The van der Waals surface area contributed by atoms with Crippen LogP contribution in [0.3, 0.4) is 0 Å². The van der Waals surface area contributed by atoms with Gasteiger partial charge in [0.05, 0.1) is 18.5 Å². The molecule has 0 atom stereocenters. The summed E-state index contributed by atoms with van der Waals surface area (Å²) in [4.78, 5) is 13.9. The van der Waals surface area contributed by atoms with E-state index in [1.54, 1.807) is 37.4 Å². The van der Waals surface area contributed by atoms with Gasteiger partial charge in [-0.2, -0.15) is 0 Å². The third-order valence-electron chi connectivity index (χ3n) is 3.45. The Bertz CT molecular complexity index is 875. The summed E-state index contributed by atoms with van der Waals surface area (Å²) in [5, 5.41) is 3.50. The smallest absolute Gasteiger partial charge is 0.267 e. The molecule has 122 valence electrons. The van der Waals surface area contributed by atoms with Crippen LogP contribution in [-0.2, 0) is 0 Å². The molecule has 2 aromatic carbocycles. The van der Waals surface area contributed by atoms with Crippen molar-refractivity contribution < 1.29 is 9.53 Å². The Kier molecular flexibility index (Phi) is 4.74. The highest BCUT2D eigenvalue weighted by molar-refractivity contribution is 7.18. The van der Waals surface area contributed by atoms with Crippen LogP contribution in [0, 0.1) is 0 Å². The molecule has 24 heavy (non-hydrogen) atoms. The lowest BCUT2D eigenvalue weighted by molar-refractivity contribution is 0.103. The highest BCUT2D eigenvalue weighted by atomic mass is 35.5. The molecular formula is C18H15ClN2O2S. The van der Waals surface area contributed by atoms with Crippen LogP contribution in [0.5, 0.6) is 5.75 Å². The highest BCUT2D eigenvalue weighted by Crippen LogP contribution is 2.34. The van der Waals surface area contributed by atoms with Gasteiger partial charge in [0.15, 0.2) is 0 Å². The molecule has 0 aliphatic rings. The third-order valence-corrected chi connectivity index (χ3v) is 4.90. The van der Waals surface area contributed by atoms with Crippen molar-refractivity contribution in [3.63, 3.8) is 0 Å². The second-order valence-corrected chi connectivity index (χ2v) is 6.55. The average Bonchev–Trinajstić information content (AvgIpc) is 2.98. The number of methoxy groups -OCH3 is 1. The number of halogens is 1. The summed E-state index contributed by atoms with van der Waals surface area (Å²) in [5.41, 5.74) is 8.04. The zero-order valence-corrected chi connectivity index (χ0v) is 14.4. The van der Waals surface area contributed by atoms with Gasteiger partial charge in [-0.25, -0.2) is 0 Å². The van der Waals surface area contributed by atoms with Crippen LogP contribution in [-0.4, -0.2) is 13.0 Å². The van der Waals surface area contributed by atoms with E-state index in [1.165, 1.54) is 11.3 Å². The van der Waals surface area contributed by atoms with E-state index in [9.17, 15) is 4.79 Å². The van der Waals surface area contributed by atoms with E-state index < -0.39 is 0 Å². The molecule has 1 heterocycles. The second kappa shape index (κ2) is 6.95. The first-order chi connectivity index (χ1) is 11.6. The Balaban J connectivity index is 1.87. The van der Waals surface area contributed by atoms with E-state index in [1.807, 2.05) is 24.3 Å². The van der Waals surface area contributed by atoms with Gasteiger partial charge in [-0.1, -0.05) is 35.9 Å². The molecule has 6 heteroatoms. The molecule has 0 spiro atoms. The number of nitrogens with one attached hydrogen (secondary N) is 1. The van der Waals surface area contributed by atoms with Crippen LogP contribution in [0.2, 0.25) is 5.02 Å². The number of benzene rings is 2. The summed E-state index contributed by atoms with van der Waals surface area (Å²) < 4.78 is 5.24. The van der Waals surface area contributed by atoms with Gasteiger partial charge in [0.2, 0.25) is 0 Å². The van der Waals surface area contributed by atoms with Gasteiger partial charge in [-0.05, 0) is 35.9 Å². The van der Waals surface area contributed by atoms with Crippen molar-refractivity contribution in [1.82, 2.24) is 0 Å². The van der Waals surface area contributed by atoms with Crippen LogP contribution >= 0.6 is 22.9 Å². The van der Waals surface area contributed by atoms with Gasteiger partial charge in [0.25, 0.3) is 5.91 Å². The zero-order valence-electron chi connectivity index (χ0n) is 12.9. The first-order valence-corrected chi connectivity index (χ1v) is 8.37. The number of rotatable bonds is 4. The van der Waals surface area contributed by atoms with Crippen LogP contribution in [0.15, 0.2) is 54.6 Å². The first kappa shape index (κ1) is 16.4. The lowest BCUT2D eigenvalue weighted by Crippen LogP contribution is -2.12. The molecule has 1 aromatic heterocycles. The Morgan fingerprint density at radius 1 is 1.17 bits per heavy atom. The molecule has 0 unspecified atom stereocenters. The van der Waals surface area contributed by atoms with E-state index in [2.05, 4.69) is 5.32 Å². The van der Waals surface area contributed by atoms with Crippen molar-refractivity contribution in [2.45, 2.75) is 0 Å². The predicted octanol–water partition coefficient (Wildman–Crippen LogP) is 4.91. The summed E-state index contributed by atoms with van der Waals surface area (Å²) in [6.07, 6.45) is 0. The van der Waals surface area contributed by atoms with Gasteiger partial charge in [0.1, 0.15) is 10.6 Å². The summed E-state index contributed by atoms with van der Waals surface area (Å²) in [5.74, 6) is 0.334. The maximum absolute atomic E-state index is 12.5. The third kappa shape index (κ3) is 3.37. The number of nitrogens with two attached hydrogens (primary N) is 1. The van der Waals surface area contributed by atoms with Crippen molar-refractivity contribution >= 4 is 40.2 Å². The number of hydrogen-bond donors (Lipinski definition) is 2. The van der Waals surface area contributed by atoms with Gasteiger partial charge in [-0.3, -0.25) is 4.79 Å². The molecule has 3 rings (SSSR count). The molecule has 0 bridgehead atoms. The SMILES string of the molecule is COc1ccccc1NC(=O)c1sc(-c2ccc(Cl)cc2)cc1N. The summed E-state index contributed by atoms with van der Waals surface area (Å²) in [6, 6.07) is 16.4. The molecule has 0 saturated heterocycles. The number of nitrogen functional groups attached to an aromatic ring is 1. The standard InChI is InChI=1S/C18H15ClN2O2S/c1-23-15-5-3-2-4-14(15)21-18(22)17-13(20)10-16(24-17)11-6-8-12(19)9-7-11/h2-10H,20H2,1H3,(H,21,22). The Hall–Kier alpha value is -2.50. The fraction of sp³-hybridized carbons (Fsp3) is 0.0556. The predicted molar refractivity (Wildman–Crippen MR) is 100 cm³/mol. The molecule has 0 aliphatic heterocycles. The van der Waals surface area contributed by atoms with Gasteiger partial charge in [0, 0.05) is 9.90 Å². The van der Waals surface area contributed by atoms with E-state index in [0.717, 1.165) is 10.4 Å². The number of para-hydroxylation sites is 2. The zero-order chi connectivity index (χ0) is 17.1. The number of anilines is 2. The Morgan fingerprint density at radius 3 is 2.58 bits per heavy atom. The van der Waals surface area contributed by atoms with E-state index in [4.69, 9.17) is 22.1 Å². The summed E-state index contributed by atoms with van der Waals surface area (Å²) >= 11 is 7.25. The summed E-state index contributed by atoms with van der Waals surface area (Å²) in [6.45, 7) is 0. The molecule has 0 radical (unpaired) electrons. The number of hydrogen-bond acceptors (Lipinski definition) is 4. The average molecular weight is 359 g/mol. The minimum Gasteiger partial charge on any atom is -0.495 e. The van der Waals surface area contributed by atoms with Gasteiger partial charge < -0.3 is 15.8 Å². The molecule has 3 aromatic rings. The lowest BCUT2D eigenvalue weighted by atomic mass is 10.2. The molecule has 3 N–H and O–H groups in total. The number of ether oxygens (including phenoxy) is 1. The number of amides is 1. The van der Waals surface area contributed by atoms with Crippen LogP contribution in [0.25, 0.3) is 10.4 Å². The van der Waals surface area contributed by atoms with Crippen LogP contribution < -0.4 is 15.8 Å². The number of thiophene rings is 1. The van der Waals surface area contributed by atoms with Crippen LogP contribution in [0.1, 0.15) is 9.67 Å². The summed E-state index contributed by atoms with van der Waals surface area (Å²) in [7, 11) is 1.56. The number of carbonyl (C=O) groups excluding carboxylic acids is 1. The van der Waals surface area contributed by atoms with Crippen molar-refractivity contribution in [2.75, 3.05) is 18.2 Å². The van der Waals surface area contributed by atoms with Crippen molar-refractivity contribution in [3.05, 3.63) is 64.5 Å². The quantitative estimate of drug-likeness (QED) is 0.696. The second-order valence-electron chi connectivity index (χ2n) is 5.06. The van der Waals surface area contributed by atoms with E-state index >= 15 is 0 Å². The minimum absolute atomic E-state index is 0.262. The largest absolute Gasteiger partial charge is 0.495 e. The lowest BCUT2D eigenvalue weighted by Gasteiger charge is -2.09. The topological polar surface area (TPSA) is 64.3 Å². The maximum Gasteiger partial charge on any atom is 0.267 e. The fourth-order valence-corrected chi connectivity index (χ4v) is 3.37. The van der Waals surface area contributed by atoms with E-state index in [-0.39, 0.29) is 5.91 Å². The Labute approximate surface area is 148 Å². The van der Waals surface area contributed by atoms with Crippen molar-refractivity contribution in [3.8, 4) is 16.2 Å². The van der Waals surface area contributed by atoms with E-state index in [0.29, 0.717) is 27.0 Å². The van der Waals surface area contributed by atoms with Gasteiger partial charge in [-0.15, -0.1) is 11.3 Å². The fourth-order valence-electron chi connectivity index (χ4n) is 2.27. The molecule has 0 aliphatic carbocycles. The van der Waals surface area contributed by atoms with Gasteiger partial charge >= 0.3 is 0 Å². The molecular weight excluding hydrogens is 344 g/mol. The molecule has 4 nitrogen and oxygen atoms in total. The van der Waals surface area contributed by atoms with Crippen molar-refractivity contribution in [1.29, 1.82) is 0 Å².